The molecule has 1 N–H and O–H groups in total. The van der Waals surface area contributed by atoms with Gasteiger partial charge >= 0.3 is 0 Å². The van der Waals surface area contributed by atoms with Gasteiger partial charge < -0.3 is 5.11 Å². The molecule has 3 rings (SSSR count). The molecule has 3 nitrogen and oxygen atoms in total. The fourth-order valence-electron chi connectivity index (χ4n) is 3.16. The molecular weight excluding hydrogens is 308 g/mol. The van der Waals surface area contributed by atoms with Crippen LogP contribution in [-0.4, -0.2) is 41.2 Å². The second-order valence-electron chi connectivity index (χ2n) is 6.52. The maximum atomic E-state index is 8.98. The van der Waals surface area contributed by atoms with Gasteiger partial charge in [-0.2, -0.15) is 0 Å². The van der Waals surface area contributed by atoms with E-state index in [0.717, 1.165) is 17.9 Å². The molecular formula is C22H26N2O. The van der Waals surface area contributed by atoms with Crippen molar-refractivity contribution in [2.24, 2.45) is 0 Å². The van der Waals surface area contributed by atoms with Crippen LogP contribution in [0.5, 0.6) is 0 Å². The van der Waals surface area contributed by atoms with Gasteiger partial charge in [0.2, 0.25) is 0 Å². The van der Waals surface area contributed by atoms with Crippen molar-refractivity contribution in [1.29, 1.82) is 0 Å². The van der Waals surface area contributed by atoms with Crippen LogP contribution >= 0.6 is 0 Å². The molecule has 0 bridgehead atoms. The number of aryl methyl sites for hydroxylation is 1. The molecule has 0 radical (unpaired) electrons. The van der Waals surface area contributed by atoms with Gasteiger partial charge in [-0.05, 0) is 56.6 Å². The molecule has 0 saturated carbocycles. The third kappa shape index (κ3) is 4.88. The Labute approximate surface area is 150 Å². The van der Waals surface area contributed by atoms with Crippen molar-refractivity contribution in [2.45, 2.75) is 19.8 Å². The van der Waals surface area contributed by atoms with Crippen LogP contribution in [0.2, 0.25) is 0 Å². The number of rotatable bonds is 6. The zero-order valence-corrected chi connectivity index (χ0v) is 14.9. The number of pyridine rings is 1. The van der Waals surface area contributed by atoms with Crippen molar-refractivity contribution in [3.63, 3.8) is 0 Å². The first kappa shape index (κ1) is 17.6. The SMILES string of the molecule is Cc1ccc(C(=CCN2CCCC2)c2cccc(C=CCO)n2)cc1. The van der Waals surface area contributed by atoms with Gasteiger partial charge in [0.1, 0.15) is 0 Å². The fourth-order valence-corrected chi connectivity index (χ4v) is 3.16. The minimum Gasteiger partial charge on any atom is -0.392 e. The van der Waals surface area contributed by atoms with Gasteiger partial charge in [-0.25, -0.2) is 4.98 Å². The molecule has 0 spiro atoms. The molecule has 130 valence electrons. The molecule has 1 aromatic heterocycles. The zero-order valence-electron chi connectivity index (χ0n) is 14.9. The average Bonchev–Trinajstić information content (AvgIpc) is 3.15. The van der Waals surface area contributed by atoms with Gasteiger partial charge in [-0.3, -0.25) is 4.90 Å². The van der Waals surface area contributed by atoms with Crippen molar-refractivity contribution < 1.29 is 5.11 Å². The molecule has 2 heterocycles. The van der Waals surface area contributed by atoms with E-state index in [1.807, 2.05) is 18.2 Å². The number of aliphatic hydroxyl groups is 1. The first-order chi connectivity index (χ1) is 12.3. The van der Waals surface area contributed by atoms with Crippen LogP contribution < -0.4 is 0 Å². The quantitative estimate of drug-likeness (QED) is 0.870. The minimum absolute atomic E-state index is 0.0293. The Morgan fingerprint density at radius 1 is 1.12 bits per heavy atom. The molecule has 0 unspecified atom stereocenters. The summed E-state index contributed by atoms with van der Waals surface area (Å²) < 4.78 is 0. The van der Waals surface area contributed by atoms with E-state index in [1.54, 1.807) is 6.08 Å². The highest BCUT2D eigenvalue weighted by Crippen LogP contribution is 2.23. The largest absolute Gasteiger partial charge is 0.392 e. The van der Waals surface area contributed by atoms with Crippen molar-refractivity contribution in [3.05, 3.63) is 77.1 Å². The number of nitrogens with zero attached hydrogens (tertiary/aromatic N) is 2. The van der Waals surface area contributed by atoms with E-state index in [4.69, 9.17) is 10.1 Å². The Kier molecular flexibility index (Phi) is 6.15. The number of benzene rings is 1. The zero-order chi connectivity index (χ0) is 17.5. The molecule has 1 saturated heterocycles. The standard InChI is InChI=1S/C22H26N2O/c1-18-9-11-19(12-10-18)21(13-16-24-14-2-3-15-24)22-8-4-6-20(23-22)7-5-17-25/h4-13,25H,2-3,14-17H2,1H3. The number of aliphatic hydroxyl groups excluding tert-OH is 1. The predicted octanol–water partition coefficient (Wildman–Crippen LogP) is 3.92. The summed E-state index contributed by atoms with van der Waals surface area (Å²) in [5, 5.41) is 8.98. The van der Waals surface area contributed by atoms with Gasteiger partial charge in [-0.15, -0.1) is 0 Å². The number of aromatic nitrogens is 1. The van der Waals surface area contributed by atoms with E-state index in [0.29, 0.717) is 0 Å². The van der Waals surface area contributed by atoms with Crippen molar-refractivity contribution in [3.8, 4) is 0 Å². The Balaban J connectivity index is 1.93. The summed E-state index contributed by atoms with van der Waals surface area (Å²) in [5.41, 5.74) is 5.47. The van der Waals surface area contributed by atoms with E-state index >= 15 is 0 Å². The van der Waals surface area contributed by atoms with Gasteiger partial charge in [0.15, 0.2) is 0 Å². The van der Waals surface area contributed by atoms with Gasteiger partial charge in [-0.1, -0.05) is 48.0 Å². The number of hydrogen-bond acceptors (Lipinski definition) is 3. The summed E-state index contributed by atoms with van der Waals surface area (Å²) in [5.74, 6) is 0. The van der Waals surface area contributed by atoms with Crippen LogP contribution in [0.25, 0.3) is 11.6 Å². The lowest BCUT2D eigenvalue weighted by molar-refractivity contribution is 0.343. The first-order valence-corrected chi connectivity index (χ1v) is 9.00. The molecule has 0 atom stereocenters. The summed E-state index contributed by atoms with van der Waals surface area (Å²) in [6.45, 7) is 5.47. The summed E-state index contributed by atoms with van der Waals surface area (Å²) in [6.07, 6.45) is 8.47. The third-order valence-corrected chi connectivity index (χ3v) is 4.56. The van der Waals surface area contributed by atoms with Crippen LogP contribution in [0.4, 0.5) is 0 Å². The van der Waals surface area contributed by atoms with Crippen molar-refractivity contribution in [1.82, 2.24) is 9.88 Å². The maximum Gasteiger partial charge on any atom is 0.0712 e. The van der Waals surface area contributed by atoms with E-state index in [-0.39, 0.29) is 6.61 Å². The molecule has 2 aromatic rings. The highest BCUT2D eigenvalue weighted by Gasteiger charge is 2.12. The van der Waals surface area contributed by atoms with Gasteiger partial charge in [0.05, 0.1) is 18.0 Å². The fraction of sp³-hybridized carbons (Fsp3) is 0.318. The summed E-state index contributed by atoms with van der Waals surface area (Å²) in [4.78, 5) is 7.26. The number of hydrogen-bond donors (Lipinski definition) is 1. The summed E-state index contributed by atoms with van der Waals surface area (Å²) >= 11 is 0. The molecule has 1 aliphatic rings. The Hall–Kier alpha value is -2.23. The first-order valence-electron chi connectivity index (χ1n) is 9.00. The predicted molar refractivity (Wildman–Crippen MR) is 104 cm³/mol. The lowest BCUT2D eigenvalue weighted by Crippen LogP contribution is -2.19. The molecule has 0 amide bonds. The maximum absolute atomic E-state index is 8.98. The second-order valence-corrected chi connectivity index (χ2v) is 6.52. The van der Waals surface area contributed by atoms with Gasteiger partial charge in [0, 0.05) is 12.1 Å². The van der Waals surface area contributed by atoms with Crippen LogP contribution in [0.3, 0.4) is 0 Å². The summed E-state index contributed by atoms with van der Waals surface area (Å²) in [6, 6.07) is 14.7. The van der Waals surface area contributed by atoms with Crippen molar-refractivity contribution >= 4 is 11.6 Å². The van der Waals surface area contributed by atoms with E-state index < -0.39 is 0 Å². The summed E-state index contributed by atoms with van der Waals surface area (Å²) in [7, 11) is 0. The average molecular weight is 334 g/mol. The normalized spacial score (nSPS) is 16.0. The Bertz CT molecular complexity index is 741. The second kappa shape index (κ2) is 8.75. The number of likely N-dealkylation sites (tertiary alicyclic amines) is 1. The van der Waals surface area contributed by atoms with Crippen LogP contribution in [0.1, 0.15) is 35.4 Å². The smallest absolute Gasteiger partial charge is 0.0712 e. The Morgan fingerprint density at radius 3 is 2.60 bits per heavy atom. The lowest BCUT2D eigenvalue weighted by Gasteiger charge is -2.14. The highest BCUT2D eigenvalue weighted by molar-refractivity contribution is 5.78. The van der Waals surface area contributed by atoms with Gasteiger partial charge in [0.25, 0.3) is 0 Å². The topological polar surface area (TPSA) is 36.4 Å². The minimum atomic E-state index is 0.0293. The third-order valence-electron chi connectivity index (χ3n) is 4.56. The van der Waals surface area contributed by atoms with E-state index in [9.17, 15) is 0 Å². The van der Waals surface area contributed by atoms with Crippen LogP contribution in [0.15, 0.2) is 54.6 Å². The monoisotopic (exact) mass is 334 g/mol. The van der Waals surface area contributed by atoms with Crippen molar-refractivity contribution in [2.75, 3.05) is 26.2 Å². The molecule has 1 aromatic carbocycles. The van der Waals surface area contributed by atoms with E-state index in [1.165, 1.54) is 42.6 Å². The highest BCUT2D eigenvalue weighted by atomic mass is 16.2. The molecule has 1 aliphatic heterocycles. The molecule has 1 fully saturated rings. The van der Waals surface area contributed by atoms with Crippen LogP contribution in [0, 0.1) is 6.92 Å². The molecule has 25 heavy (non-hydrogen) atoms. The molecule has 0 aliphatic carbocycles. The Morgan fingerprint density at radius 2 is 1.88 bits per heavy atom. The van der Waals surface area contributed by atoms with E-state index in [2.05, 4.69) is 48.2 Å². The van der Waals surface area contributed by atoms with Crippen LogP contribution in [-0.2, 0) is 0 Å². The lowest BCUT2D eigenvalue weighted by atomic mass is 10.00. The molecule has 3 heteroatoms.